The third-order valence-electron chi connectivity index (χ3n) is 8.03. The molecule has 0 bridgehead atoms. The quantitative estimate of drug-likeness (QED) is 0.467. The molecule has 6 nitrogen and oxygen atoms in total. The number of nitrogens with zero attached hydrogens (tertiary/aromatic N) is 5. The van der Waals surface area contributed by atoms with Gasteiger partial charge in [0.25, 0.3) is 5.91 Å². The van der Waals surface area contributed by atoms with Gasteiger partial charge in [0, 0.05) is 51.7 Å². The maximum atomic E-state index is 13.3. The van der Waals surface area contributed by atoms with Crippen LogP contribution in [-0.4, -0.2) is 64.8 Å². The third kappa shape index (κ3) is 5.81. The highest BCUT2D eigenvalue weighted by Crippen LogP contribution is 2.28. The molecule has 2 aromatic carbocycles. The molecule has 3 aromatic rings. The maximum Gasteiger partial charge on any atom is 0.274 e. The summed E-state index contributed by atoms with van der Waals surface area (Å²) in [6, 6.07) is 21.7. The Morgan fingerprint density at radius 1 is 0.944 bits per heavy atom. The Kier molecular flexibility index (Phi) is 7.71. The minimum absolute atomic E-state index is 0.0112. The maximum absolute atomic E-state index is 13.3. The number of rotatable bonds is 8. The number of anilines is 1. The van der Waals surface area contributed by atoms with Crippen molar-refractivity contribution in [2.24, 2.45) is 13.0 Å². The molecule has 3 heterocycles. The second kappa shape index (κ2) is 11.3. The fourth-order valence-corrected chi connectivity index (χ4v) is 5.88. The Morgan fingerprint density at radius 3 is 2.28 bits per heavy atom. The number of amides is 1. The van der Waals surface area contributed by atoms with E-state index < -0.39 is 0 Å². The average Bonchev–Trinajstić information content (AvgIpc) is 3.61. The van der Waals surface area contributed by atoms with Gasteiger partial charge in [0.15, 0.2) is 0 Å². The van der Waals surface area contributed by atoms with E-state index in [4.69, 9.17) is 0 Å². The van der Waals surface area contributed by atoms with Gasteiger partial charge in [0.05, 0.1) is 0 Å². The van der Waals surface area contributed by atoms with E-state index in [2.05, 4.69) is 69.5 Å². The fourth-order valence-electron chi connectivity index (χ4n) is 5.88. The van der Waals surface area contributed by atoms with Crippen LogP contribution in [0.15, 0.2) is 66.9 Å². The molecule has 0 unspecified atom stereocenters. The predicted octanol–water partition coefficient (Wildman–Crippen LogP) is 4.62. The number of aromatic nitrogens is 2. The van der Waals surface area contributed by atoms with Gasteiger partial charge in [-0.25, -0.2) is 0 Å². The van der Waals surface area contributed by atoms with Gasteiger partial charge < -0.3 is 9.80 Å². The first-order chi connectivity index (χ1) is 17.6. The Morgan fingerprint density at radius 2 is 1.64 bits per heavy atom. The molecule has 2 fully saturated rings. The van der Waals surface area contributed by atoms with Crippen LogP contribution in [0.3, 0.4) is 0 Å². The van der Waals surface area contributed by atoms with Gasteiger partial charge in [-0.3, -0.25) is 14.4 Å². The summed E-state index contributed by atoms with van der Waals surface area (Å²) in [7, 11) is 3.81. The molecular weight excluding hydrogens is 446 g/mol. The highest BCUT2D eigenvalue weighted by atomic mass is 16.2. The number of hydrogen-bond donors (Lipinski definition) is 0. The topological polar surface area (TPSA) is 44.6 Å². The number of aryl methyl sites for hydroxylation is 1. The highest BCUT2D eigenvalue weighted by Gasteiger charge is 2.32. The summed E-state index contributed by atoms with van der Waals surface area (Å²) in [4.78, 5) is 20.3. The zero-order valence-electron chi connectivity index (χ0n) is 21.7. The molecule has 6 heteroatoms. The monoisotopic (exact) mass is 485 g/mol. The van der Waals surface area contributed by atoms with E-state index in [1.165, 1.54) is 42.7 Å². The summed E-state index contributed by atoms with van der Waals surface area (Å²) < 4.78 is 1.70. The number of carbonyl (C=O) groups is 1. The summed E-state index contributed by atoms with van der Waals surface area (Å²) in [5.74, 6) is 0.480. The largest absolute Gasteiger partial charge is 0.372 e. The lowest BCUT2D eigenvalue weighted by atomic mass is 9.84. The van der Waals surface area contributed by atoms with Crippen molar-refractivity contribution in [1.82, 2.24) is 19.6 Å². The van der Waals surface area contributed by atoms with Crippen LogP contribution in [0, 0.1) is 5.92 Å². The number of piperidine rings is 1. The van der Waals surface area contributed by atoms with Crippen molar-refractivity contribution in [3.05, 3.63) is 83.7 Å². The van der Waals surface area contributed by atoms with E-state index in [0.29, 0.717) is 11.6 Å². The molecular formula is C30H39N5O. The number of hydrogen-bond acceptors (Lipinski definition) is 4. The van der Waals surface area contributed by atoms with Crippen LogP contribution in [-0.2, 0) is 20.0 Å². The van der Waals surface area contributed by atoms with Gasteiger partial charge in [0.1, 0.15) is 5.69 Å². The molecule has 1 aromatic heterocycles. The molecule has 5 rings (SSSR count). The number of benzene rings is 2. The molecule has 0 radical (unpaired) electrons. The van der Waals surface area contributed by atoms with E-state index >= 15 is 0 Å². The molecule has 2 saturated heterocycles. The van der Waals surface area contributed by atoms with Crippen LogP contribution in [0.1, 0.15) is 47.3 Å². The number of likely N-dealkylation sites (tertiary alicyclic amines) is 1. The summed E-state index contributed by atoms with van der Waals surface area (Å²) in [5.41, 5.74) is 4.55. The van der Waals surface area contributed by atoms with Gasteiger partial charge >= 0.3 is 0 Å². The lowest BCUT2D eigenvalue weighted by Crippen LogP contribution is -2.47. The van der Waals surface area contributed by atoms with Crippen molar-refractivity contribution < 1.29 is 4.79 Å². The summed E-state index contributed by atoms with van der Waals surface area (Å²) in [6.45, 7) is 5.51. The van der Waals surface area contributed by atoms with Crippen molar-refractivity contribution in [2.75, 3.05) is 38.1 Å². The van der Waals surface area contributed by atoms with Crippen LogP contribution in [0.4, 0.5) is 5.69 Å². The van der Waals surface area contributed by atoms with Gasteiger partial charge in [0.2, 0.25) is 0 Å². The van der Waals surface area contributed by atoms with E-state index in [0.717, 1.165) is 38.9 Å². The lowest BCUT2D eigenvalue weighted by Gasteiger charge is -2.40. The van der Waals surface area contributed by atoms with Crippen LogP contribution in [0.2, 0.25) is 0 Å². The van der Waals surface area contributed by atoms with Crippen LogP contribution < -0.4 is 4.90 Å². The minimum Gasteiger partial charge on any atom is -0.372 e. The first kappa shape index (κ1) is 24.6. The predicted molar refractivity (Wildman–Crippen MR) is 145 cm³/mol. The van der Waals surface area contributed by atoms with E-state index in [1.54, 1.807) is 4.68 Å². The Bertz CT molecular complexity index is 1110. The molecule has 0 saturated carbocycles. The summed E-state index contributed by atoms with van der Waals surface area (Å²) in [6.07, 6.45) is 7.53. The molecule has 1 amide bonds. The molecule has 36 heavy (non-hydrogen) atoms. The van der Waals surface area contributed by atoms with Gasteiger partial charge in [-0.1, -0.05) is 42.5 Å². The SMILES string of the molecule is CN(C(=O)c1ccn(C)n1)[C@H](Cc1ccccc1)C1CCN(Cc2ccc(N3CCCC3)cc2)CC1. The number of carbonyl (C=O) groups excluding carboxylic acids is 1. The number of likely N-dealkylation sites (N-methyl/N-ethyl adjacent to an activating group) is 1. The Hall–Kier alpha value is -3.12. The molecule has 0 N–H and O–H groups in total. The van der Waals surface area contributed by atoms with Crippen LogP contribution in [0.5, 0.6) is 0 Å². The third-order valence-corrected chi connectivity index (χ3v) is 8.03. The van der Waals surface area contributed by atoms with Crippen molar-refractivity contribution in [3.63, 3.8) is 0 Å². The smallest absolute Gasteiger partial charge is 0.274 e. The normalized spacial score (nSPS) is 17.9. The van der Waals surface area contributed by atoms with E-state index in [1.807, 2.05) is 31.3 Å². The molecule has 0 aliphatic carbocycles. The Labute approximate surface area is 215 Å². The molecule has 1 atom stereocenters. The van der Waals surface area contributed by atoms with Gasteiger partial charge in [-0.05, 0) is 80.4 Å². The minimum atomic E-state index is 0.0112. The first-order valence-electron chi connectivity index (χ1n) is 13.4. The van der Waals surface area contributed by atoms with Crippen molar-refractivity contribution in [3.8, 4) is 0 Å². The zero-order valence-corrected chi connectivity index (χ0v) is 21.7. The summed E-state index contributed by atoms with van der Waals surface area (Å²) >= 11 is 0. The highest BCUT2D eigenvalue weighted by molar-refractivity contribution is 5.92. The molecule has 190 valence electrons. The Balaban J connectivity index is 1.22. The second-order valence-electron chi connectivity index (χ2n) is 10.5. The second-order valence-corrected chi connectivity index (χ2v) is 10.5. The van der Waals surface area contributed by atoms with E-state index in [9.17, 15) is 4.79 Å². The molecule has 2 aliphatic heterocycles. The van der Waals surface area contributed by atoms with Gasteiger partial charge in [-0.2, -0.15) is 5.10 Å². The summed E-state index contributed by atoms with van der Waals surface area (Å²) in [5, 5.41) is 4.37. The first-order valence-corrected chi connectivity index (χ1v) is 13.4. The van der Waals surface area contributed by atoms with Crippen molar-refractivity contribution in [1.29, 1.82) is 0 Å². The standard InChI is InChI=1S/C30H39N5O/c1-32-19-16-28(31-32)30(36)33(2)29(22-24-8-4-3-5-9-24)26-14-20-34(21-15-26)23-25-10-12-27(13-11-25)35-17-6-7-18-35/h3-5,8-13,16,19,26,29H,6-7,14-15,17-18,20-23H2,1-2H3/t29-/m1/s1. The lowest BCUT2D eigenvalue weighted by molar-refractivity contribution is 0.0579. The van der Waals surface area contributed by atoms with Crippen molar-refractivity contribution in [2.45, 2.75) is 44.7 Å². The molecule has 2 aliphatic rings. The average molecular weight is 486 g/mol. The fraction of sp³-hybridized carbons (Fsp3) is 0.467. The van der Waals surface area contributed by atoms with Crippen LogP contribution in [0.25, 0.3) is 0 Å². The van der Waals surface area contributed by atoms with E-state index in [-0.39, 0.29) is 11.9 Å². The van der Waals surface area contributed by atoms with Crippen LogP contribution >= 0.6 is 0 Å². The van der Waals surface area contributed by atoms with Gasteiger partial charge in [-0.15, -0.1) is 0 Å². The molecule has 0 spiro atoms. The zero-order chi connectivity index (χ0) is 24.9. The van der Waals surface area contributed by atoms with Crippen molar-refractivity contribution >= 4 is 11.6 Å².